The number of alkyl carbamates (subject to hydrolysis) is 1. The third-order valence-corrected chi connectivity index (χ3v) is 12.1. The molecule has 1 saturated heterocycles. The molecule has 1 unspecified atom stereocenters. The normalized spacial score (nSPS) is 18.2. The fourth-order valence-corrected chi connectivity index (χ4v) is 8.61. The van der Waals surface area contributed by atoms with Crippen LogP contribution in [0.1, 0.15) is 107 Å². The number of nitrogens with zero attached hydrogens (tertiary/aromatic N) is 3. The van der Waals surface area contributed by atoms with Gasteiger partial charge in [-0.3, -0.25) is 24.1 Å². The van der Waals surface area contributed by atoms with Crippen LogP contribution < -0.4 is 16.0 Å². The number of hydrogen-bond acceptors (Lipinski definition) is 10. The second-order valence-electron chi connectivity index (χ2n) is 18.9. The molecule has 1 fully saturated rings. The average molecular weight is 889 g/mol. The van der Waals surface area contributed by atoms with Crippen molar-refractivity contribution in [3.05, 3.63) is 35.9 Å². The maximum Gasteiger partial charge on any atom is 0.407 e. The number of hydrogen-bond donors (Lipinski definition) is 4. The van der Waals surface area contributed by atoms with E-state index in [-0.39, 0.29) is 48.3 Å². The predicted molar refractivity (Wildman–Crippen MR) is 243 cm³/mol. The second-order valence-corrected chi connectivity index (χ2v) is 18.9. The molecule has 1 aliphatic rings. The standard InChI is InChI=1S/C47H80N6O10/c1-15-31(6)40(52(12)44(57)38(29(2)3)50-43(56)39(30(4)5)51(11)25-20-24-48-46(60)63-47(8,9)10)36(61-13)28-37(54)53-26-19-23-35(53)41(62-14)32(7)42(55)49-34(45(58)59)27-33-21-17-16-18-22-33/h16-18,21-22,29-32,34-36,38-41H,15,19-20,23-28H2,1-14H3,(H,48,60)(H,49,55)(H,50,56)(H,58,59)/t31-,32+,34-,35+,36+,38-,39-,40-,41?/m0/s1. The van der Waals surface area contributed by atoms with E-state index in [9.17, 15) is 33.9 Å². The van der Waals surface area contributed by atoms with Crippen LogP contribution in [0.5, 0.6) is 0 Å². The van der Waals surface area contributed by atoms with E-state index in [1.54, 1.807) is 44.5 Å². The van der Waals surface area contributed by atoms with E-state index in [0.29, 0.717) is 45.3 Å². The van der Waals surface area contributed by atoms with Crippen molar-refractivity contribution in [3.8, 4) is 0 Å². The molecule has 63 heavy (non-hydrogen) atoms. The number of likely N-dealkylation sites (N-methyl/N-ethyl adjacent to an activating group) is 2. The Morgan fingerprint density at radius 3 is 2.06 bits per heavy atom. The number of amides is 5. The van der Waals surface area contributed by atoms with Gasteiger partial charge in [0.1, 0.15) is 17.7 Å². The molecule has 16 nitrogen and oxygen atoms in total. The van der Waals surface area contributed by atoms with Crippen molar-refractivity contribution in [1.82, 2.24) is 30.7 Å². The van der Waals surface area contributed by atoms with Crippen LogP contribution in [0, 0.1) is 23.7 Å². The van der Waals surface area contributed by atoms with Crippen LogP contribution in [0.15, 0.2) is 30.3 Å². The van der Waals surface area contributed by atoms with Crippen LogP contribution in [0.25, 0.3) is 0 Å². The minimum atomic E-state index is -1.15. The molecule has 0 spiro atoms. The Bertz CT molecular complexity index is 1620. The molecule has 5 amide bonds. The zero-order valence-electron chi connectivity index (χ0n) is 40.6. The van der Waals surface area contributed by atoms with Crippen molar-refractivity contribution in [2.45, 2.75) is 156 Å². The first kappa shape index (κ1) is 54.9. The first-order valence-electron chi connectivity index (χ1n) is 22.7. The third-order valence-electron chi connectivity index (χ3n) is 12.1. The lowest BCUT2D eigenvalue weighted by Gasteiger charge is -2.41. The smallest absolute Gasteiger partial charge is 0.407 e. The predicted octanol–water partition coefficient (Wildman–Crippen LogP) is 4.73. The van der Waals surface area contributed by atoms with Gasteiger partial charge >= 0.3 is 12.1 Å². The largest absolute Gasteiger partial charge is 0.480 e. The highest BCUT2D eigenvalue weighted by Crippen LogP contribution is 2.30. The van der Waals surface area contributed by atoms with Gasteiger partial charge in [-0.05, 0) is 70.4 Å². The Morgan fingerprint density at radius 1 is 0.905 bits per heavy atom. The molecule has 0 aromatic heterocycles. The molecule has 358 valence electrons. The monoisotopic (exact) mass is 889 g/mol. The summed E-state index contributed by atoms with van der Waals surface area (Å²) in [5, 5.41) is 18.4. The van der Waals surface area contributed by atoms with Gasteiger partial charge in [-0.15, -0.1) is 0 Å². The molecule has 2 rings (SSSR count). The number of likely N-dealkylation sites (tertiary alicyclic amines) is 1. The van der Waals surface area contributed by atoms with Gasteiger partial charge in [0, 0.05) is 47.3 Å². The van der Waals surface area contributed by atoms with Crippen LogP contribution in [0.4, 0.5) is 4.79 Å². The molecule has 4 N–H and O–H groups in total. The Labute approximate surface area is 376 Å². The van der Waals surface area contributed by atoms with Gasteiger partial charge in [0.15, 0.2) is 0 Å². The molecule has 0 bridgehead atoms. The molecule has 16 heteroatoms. The summed E-state index contributed by atoms with van der Waals surface area (Å²) in [5.74, 6) is -3.64. The quantitative estimate of drug-likeness (QED) is 0.0992. The number of carbonyl (C=O) groups is 6. The lowest BCUT2D eigenvalue weighted by molar-refractivity contribution is -0.148. The minimum absolute atomic E-state index is 0.0451. The summed E-state index contributed by atoms with van der Waals surface area (Å²) in [5.41, 5.74) is 0.168. The SMILES string of the molecule is CC[C@H](C)[C@@H]([C@@H](CC(=O)N1CCC[C@@H]1C(OC)[C@@H](C)C(=O)N[C@@H](Cc1ccccc1)C(=O)O)OC)N(C)C(=O)[C@@H](NC(=O)[C@H](C(C)C)N(C)CCCNC(=O)OC(C)(C)C)C(C)C. The van der Waals surface area contributed by atoms with Gasteiger partial charge in [0.05, 0.1) is 42.7 Å². The molecular weight excluding hydrogens is 809 g/mol. The zero-order chi connectivity index (χ0) is 47.8. The van der Waals surface area contributed by atoms with E-state index in [1.165, 1.54) is 14.2 Å². The van der Waals surface area contributed by atoms with Gasteiger partial charge in [-0.2, -0.15) is 0 Å². The number of carboxylic acids is 1. The first-order valence-corrected chi connectivity index (χ1v) is 22.7. The number of benzene rings is 1. The van der Waals surface area contributed by atoms with Crippen LogP contribution in [0.2, 0.25) is 0 Å². The highest BCUT2D eigenvalue weighted by molar-refractivity contribution is 5.90. The van der Waals surface area contributed by atoms with E-state index < -0.39 is 71.9 Å². The number of methoxy groups -OCH3 is 2. The lowest BCUT2D eigenvalue weighted by atomic mass is 9.89. The molecule has 1 aromatic rings. The molecule has 0 saturated carbocycles. The van der Waals surface area contributed by atoms with E-state index in [2.05, 4.69) is 16.0 Å². The number of nitrogens with one attached hydrogen (secondary N) is 3. The van der Waals surface area contributed by atoms with Crippen molar-refractivity contribution in [3.63, 3.8) is 0 Å². The van der Waals surface area contributed by atoms with Crippen LogP contribution in [0.3, 0.4) is 0 Å². The van der Waals surface area contributed by atoms with E-state index in [1.807, 2.05) is 83.8 Å². The molecular formula is C47H80N6O10. The zero-order valence-corrected chi connectivity index (χ0v) is 40.6. The summed E-state index contributed by atoms with van der Waals surface area (Å²) in [6.07, 6.45) is 0.697. The Kier molecular flexibility index (Phi) is 22.5. The maximum absolute atomic E-state index is 14.5. The van der Waals surface area contributed by atoms with Crippen molar-refractivity contribution < 1.29 is 48.1 Å². The summed E-state index contributed by atoms with van der Waals surface area (Å²) < 4.78 is 17.3. The van der Waals surface area contributed by atoms with Gasteiger partial charge in [-0.25, -0.2) is 9.59 Å². The topological polar surface area (TPSA) is 196 Å². The Hall–Kier alpha value is -4.28. The number of ether oxygens (including phenoxy) is 3. The average Bonchev–Trinajstić information content (AvgIpc) is 3.70. The van der Waals surface area contributed by atoms with Gasteiger partial charge in [-0.1, -0.05) is 85.2 Å². The van der Waals surface area contributed by atoms with Crippen LogP contribution >= 0.6 is 0 Å². The lowest BCUT2D eigenvalue weighted by Crippen LogP contribution is -2.60. The highest BCUT2D eigenvalue weighted by Gasteiger charge is 2.43. The third kappa shape index (κ3) is 16.7. The highest BCUT2D eigenvalue weighted by atomic mass is 16.6. The van der Waals surface area contributed by atoms with Crippen LogP contribution in [-0.4, -0.2) is 151 Å². The van der Waals surface area contributed by atoms with Gasteiger partial charge < -0.3 is 45.1 Å². The van der Waals surface area contributed by atoms with Crippen molar-refractivity contribution in [2.75, 3.05) is 47.9 Å². The first-order chi connectivity index (χ1) is 29.5. The number of carbonyl (C=O) groups excluding carboxylic acids is 5. The summed E-state index contributed by atoms with van der Waals surface area (Å²) >= 11 is 0. The van der Waals surface area contributed by atoms with Crippen molar-refractivity contribution in [2.24, 2.45) is 23.7 Å². The fourth-order valence-electron chi connectivity index (χ4n) is 8.61. The summed E-state index contributed by atoms with van der Waals surface area (Å²) in [6, 6.07) is 5.54. The Balaban J connectivity index is 2.23. The van der Waals surface area contributed by atoms with Gasteiger partial charge in [0.25, 0.3) is 0 Å². The number of carboxylic acid groups (broad SMARTS) is 1. The van der Waals surface area contributed by atoms with Crippen molar-refractivity contribution >= 4 is 35.7 Å². The minimum Gasteiger partial charge on any atom is -0.480 e. The second kappa shape index (κ2) is 25.9. The molecule has 1 aromatic carbocycles. The summed E-state index contributed by atoms with van der Waals surface area (Å²) in [7, 11) is 6.57. The molecule has 1 aliphatic heterocycles. The van der Waals surface area contributed by atoms with E-state index in [0.717, 1.165) is 5.56 Å². The molecule has 0 aliphatic carbocycles. The Morgan fingerprint density at radius 2 is 1.54 bits per heavy atom. The molecule has 1 heterocycles. The summed E-state index contributed by atoms with van der Waals surface area (Å²) in [6.45, 7) is 20.1. The maximum atomic E-state index is 14.5. The number of aliphatic carboxylic acids is 1. The van der Waals surface area contributed by atoms with Crippen LogP contribution in [-0.2, 0) is 44.6 Å². The van der Waals surface area contributed by atoms with Crippen molar-refractivity contribution in [1.29, 1.82) is 0 Å². The summed E-state index contributed by atoms with van der Waals surface area (Å²) in [4.78, 5) is 86.0. The molecule has 9 atom stereocenters. The fraction of sp³-hybridized carbons (Fsp3) is 0.745. The van der Waals surface area contributed by atoms with E-state index >= 15 is 0 Å². The molecule has 0 radical (unpaired) electrons. The number of rotatable bonds is 25. The van der Waals surface area contributed by atoms with E-state index in [4.69, 9.17) is 14.2 Å². The van der Waals surface area contributed by atoms with Gasteiger partial charge in [0.2, 0.25) is 23.6 Å².